The van der Waals surface area contributed by atoms with E-state index in [0.717, 1.165) is 25.1 Å². The lowest BCUT2D eigenvalue weighted by Crippen LogP contribution is -2.39. The first-order chi connectivity index (χ1) is 9.16. The Kier molecular flexibility index (Phi) is 4.97. The quantitative estimate of drug-likeness (QED) is 0.875. The summed E-state index contributed by atoms with van der Waals surface area (Å²) in [6, 6.07) is 8.11. The van der Waals surface area contributed by atoms with Crippen molar-refractivity contribution < 1.29 is 4.79 Å². The second-order valence-corrected chi connectivity index (χ2v) is 5.62. The molecule has 1 aromatic rings. The topological polar surface area (TPSA) is 41.1 Å². The van der Waals surface area contributed by atoms with Gasteiger partial charge in [0, 0.05) is 5.69 Å². The molecule has 1 aliphatic heterocycles. The predicted molar refractivity (Wildman–Crippen MR) is 79.4 cm³/mol. The molecule has 1 heterocycles. The van der Waals surface area contributed by atoms with Crippen LogP contribution in [0, 0.1) is 0 Å². The first kappa shape index (κ1) is 14.1. The van der Waals surface area contributed by atoms with Gasteiger partial charge in [-0.1, -0.05) is 38.8 Å². The van der Waals surface area contributed by atoms with Gasteiger partial charge in [-0.15, -0.1) is 0 Å². The van der Waals surface area contributed by atoms with Crippen molar-refractivity contribution in [2.45, 2.75) is 51.5 Å². The van der Waals surface area contributed by atoms with E-state index in [2.05, 4.69) is 36.6 Å². The standard InChI is InChI=1S/C16H24N2O/c1-12(2)13-7-9-14(10-8-13)18-16(19)15-6-4-3-5-11-17-15/h7-10,12,15,17H,3-6,11H2,1-2H3,(H,18,19). The van der Waals surface area contributed by atoms with Crippen LogP contribution in [0.4, 0.5) is 5.69 Å². The Balaban J connectivity index is 1.94. The highest BCUT2D eigenvalue weighted by molar-refractivity contribution is 5.94. The first-order valence-electron chi connectivity index (χ1n) is 7.31. The van der Waals surface area contributed by atoms with Gasteiger partial charge < -0.3 is 10.6 Å². The molecule has 3 heteroatoms. The van der Waals surface area contributed by atoms with E-state index in [1.165, 1.54) is 18.4 Å². The van der Waals surface area contributed by atoms with Crippen molar-refractivity contribution in [3.8, 4) is 0 Å². The number of hydrogen-bond donors (Lipinski definition) is 2. The molecule has 3 nitrogen and oxygen atoms in total. The molecule has 1 unspecified atom stereocenters. The minimum atomic E-state index is -0.0349. The summed E-state index contributed by atoms with van der Waals surface area (Å²) in [5, 5.41) is 6.32. The van der Waals surface area contributed by atoms with Crippen LogP contribution in [0.15, 0.2) is 24.3 Å². The molecule has 1 atom stereocenters. The van der Waals surface area contributed by atoms with Gasteiger partial charge in [-0.2, -0.15) is 0 Å². The maximum absolute atomic E-state index is 12.2. The van der Waals surface area contributed by atoms with Crippen molar-refractivity contribution in [2.24, 2.45) is 0 Å². The lowest BCUT2D eigenvalue weighted by molar-refractivity contribution is -0.118. The predicted octanol–water partition coefficient (Wildman–Crippen LogP) is 3.28. The summed E-state index contributed by atoms with van der Waals surface area (Å²) in [6.45, 7) is 5.29. The smallest absolute Gasteiger partial charge is 0.241 e. The average Bonchev–Trinajstić information content (AvgIpc) is 2.68. The fraction of sp³-hybridized carbons (Fsp3) is 0.562. The summed E-state index contributed by atoms with van der Waals surface area (Å²) in [5.74, 6) is 0.618. The minimum Gasteiger partial charge on any atom is -0.325 e. The first-order valence-corrected chi connectivity index (χ1v) is 7.31. The third-order valence-electron chi connectivity index (χ3n) is 3.72. The third-order valence-corrected chi connectivity index (χ3v) is 3.72. The molecule has 1 amide bonds. The molecule has 19 heavy (non-hydrogen) atoms. The van der Waals surface area contributed by atoms with Gasteiger partial charge in [0.25, 0.3) is 0 Å². The lowest BCUT2D eigenvalue weighted by Gasteiger charge is -2.16. The van der Waals surface area contributed by atoms with Crippen LogP contribution in [0.2, 0.25) is 0 Å². The van der Waals surface area contributed by atoms with Crippen LogP contribution in [0.1, 0.15) is 51.0 Å². The van der Waals surface area contributed by atoms with Crippen LogP contribution in [-0.2, 0) is 4.79 Å². The van der Waals surface area contributed by atoms with Crippen molar-refractivity contribution in [1.82, 2.24) is 5.32 Å². The summed E-state index contributed by atoms with van der Waals surface area (Å²) >= 11 is 0. The Morgan fingerprint density at radius 1 is 1.21 bits per heavy atom. The van der Waals surface area contributed by atoms with Crippen LogP contribution in [0.3, 0.4) is 0 Å². The summed E-state index contributed by atoms with van der Waals surface area (Å²) in [4.78, 5) is 12.2. The van der Waals surface area contributed by atoms with Gasteiger partial charge in [-0.25, -0.2) is 0 Å². The number of hydrogen-bond acceptors (Lipinski definition) is 2. The number of carbonyl (C=O) groups excluding carboxylic acids is 1. The fourth-order valence-electron chi connectivity index (χ4n) is 2.43. The monoisotopic (exact) mass is 260 g/mol. The number of benzene rings is 1. The van der Waals surface area contributed by atoms with Gasteiger partial charge >= 0.3 is 0 Å². The lowest BCUT2D eigenvalue weighted by atomic mass is 10.0. The van der Waals surface area contributed by atoms with Crippen molar-refractivity contribution in [2.75, 3.05) is 11.9 Å². The molecule has 1 aromatic carbocycles. The molecule has 104 valence electrons. The Morgan fingerprint density at radius 3 is 2.63 bits per heavy atom. The largest absolute Gasteiger partial charge is 0.325 e. The average molecular weight is 260 g/mol. The summed E-state index contributed by atoms with van der Waals surface area (Å²) in [7, 11) is 0. The highest BCUT2D eigenvalue weighted by Crippen LogP contribution is 2.18. The molecule has 1 aliphatic rings. The molecule has 2 rings (SSSR count). The van der Waals surface area contributed by atoms with Crippen LogP contribution in [0.25, 0.3) is 0 Å². The number of amides is 1. The molecule has 0 saturated carbocycles. The van der Waals surface area contributed by atoms with Gasteiger partial charge in [-0.3, -0.25) is 4.79 Å². The van der Waals surface area contributed by atoms with Gasteiger partial charge in [0.15, 0.2) is 0 Å². The molecule has 0 aromatic heterocycles. The van der Waals surface area contributed by atoms with Crippen molar-refractivity contribution in [1.29, 1.82) is 0 Å². The molecule has 0 bridgehead atoms. The highest BCUT2D eigenvalue weighted by atomic mass is 16.2. The van der Waals surface area contributed by atoms with Gasteiger partial charge in [-0.05, 0) is 43.0 Å². The van der Waals surface area contributed by atoms with Gasteiger partial charge in [0.05, 0.1) is 6.04 Å². The van der Waals surface area contributed by atoms with Crippen molar-refractivity contribution in [3.63, 3.8) is 0 Å². The number of nitrogens with one attached hydrogen (secondary N) is 2. The number of anilines is 1. The maximum atomic E-state index is 12.2. The molecule has 0 spiro atoms. The normalized spacial score (nSPS) is 20.1. The highest BCUT2D eigenvalue weighted by Gasteiger charge is 2.19. The second-order valence-electron chi connectivity index (χ2n) is 5.62. The third kappa shape index (κ3) is 4.06. The van der Waals surface area contributed by atoms with Crippen LogP contribution in [-0.4, -0.2) is 18.5 Å². The van der Waals surface area contributed by atoms with Crippen LogP contribution < -0.4 is 10.6 Å². The van der Waals surface area contributed by atoms with E-state index in [1.807, 2.05) is 12.1 Å². The Morgan fingerprint density at radius 2 is 1.95 bits per heavy atom. The molecule has 1 saturated heterocycles. The van der Waals surface area contributed by atoms with E-state index in [0.29, 0.717) is 5.92 Å². The van der Waals surface area contributed by atoms with E-state index in [9.17, 15) is 4.79 Å². The van der Waals surface area contributed by atoms with E-state index in [-0.39, 0.29) is 11.9 Å². The van der Waals surface area contributed by atoms with Crippen LogP contribution in [0.5, 0.6) is 0 Å². The van der Waals surface area contributed by atoms with E-state index in [4.69, 9.17) is 0 Å². The fourth-order valence-corrected chi connectivity index (χ4v) is 2.43. The molecular weight excluding hydrogens is 236 g/mol. The minimum absolute atomic E-state index is 0.0349. The van der Waals surface area contributed by atoms with Crippen LogP contribution >= 0.6 is 0 Å². The molecule has 2 N–H and O–H groups in total. The number of rotatable bonds is 3. The summed E-state index contributed by atoms with van der Waals surface area (Å²) < 4.78 is 0. The second kappa shape index (κ2) is 6.71. The zero-order valence-electron chi connectivity index (χ0n) is 11.9. The zero-order chi connectivity index (χ0) is 13.7. The van der Waals surface area contributed by atoms with Crippen molar-refractivity contribution >= 4 is 11.6 Å². The van der Waals surface area contributed by atoms with Gasteiger partial charge in [0.2, 0.25) is 5.91 Å². The molecule has 0 aliphatic carbocycles. The zero-order valence-corrected chi connectivity index (χ0v) is 11.9. The molecular formula is C16H24N2O. The van der Waals surface area contributed by atoms with E-state index >= 15 is 0 Å². The van der Waals surface area contributed by atoms with Gasteiger partial charge in [0.1, 0.15) is 0 Å². The Hall–Kier alpha value is -1.35. The summed E-state index contributed by atoms with van der Waals surface area (Å²) in [6.07, 6.45) is 4.47. The Bertz CT molecular complexity index is 403. The summed E-state index contributed by atoms with van der Waals surface area (Å²) in [5.41, 5.74) is 2.19. The maximum Gasteiger partial charge on any atom is 0.241 e. The molecule has 1 fully saturated rings. The SMILES string of the molecule is CC(C)c1ccc(NC(=O)C2CCCCCN2)cc1. The van der Waals surface area contributed by atoms with E-state index in [1.54, 1.807) is 0 Å². The number of carbonyl (C=O) groups is 1. The Labute approximate surface area is 115 Å². The van der Waals surface area contributed by atoms with Crippen molar-refractivity contribution in [3.05, 3.63) is 29.8 Å². The molecule has 0 radical (unpaired) electrons. The van der Waals surface area contributed by atoms with E-state index < -0.39 is 0 Å².